The molecule has 118 valence electrons. The Bertz CT molecular complexity index is 285. The zero-order chi connectivity index (χ0) is 14.6. The number of nitrogens with one attached hydrogen (secondary N) is 1. The van der Waals surface area contributed by atoms with Crippen LogP contribution in [0.2, 0.25) is 0 Å². The Balaban J connectivity index is 1.91. The zero-order valence-corrected chi connectivity index (χ0v) is 14.0. The maximum absolute atomic E-state index is 5.76. The number of hydrogen-bond acceptors (Lipinski definition) is 3. The fraction of sp³-hybridized carbons (Fsp3) is 1.00. The van der Waals surface area contributed by atoms with Crippen LogP contribution in [0, 0.1) is 17.3 Å². The number of rotatable bonds is 7. The molecule has 0 aromatic rings. The van der Waals surface area contributed by atoms with E-state index in [4.69, 9.17) is 4.74 Å². The lowest BCUT2D eigenvalue weighted by Crippen LogP contribution is -2.47. The van der Waals surface area contributed by atoms with E-state index in [0.717, 1.165) is 44.2 Å². The van der Waals surface area contributed by atoms with E-state index in [2.05, 4.69) is 37.9 Å². The van der Waals surface area contributed by atoms with Gasteiger partial charge in [0.15, 0.2) is 0 Å². The van der Waals surface area contributed by atoms with Gasteiger partial charge in [0.1, 0.15) is 0 Å². The quantitative estimate of drug-likeness (QED) is 0.777. The zero-order valence-electron chi connectivity index (χ0n) is 14.0. The molecule has 0 aliphatic carbocycles. The number of nitrogens with zero attached hydrogens (tertiary/aromatic N) is 1. The van der Waals surface area contributed by atoms with Crippen LogP contribution in [0.25, 0.3) is 0 Å². The van der Waals surface area contributed by atoms with Crippen molar-refractivity contribution in [2.45, 2.75) is 53.0 Å². The van der Waals surface area contributed by atoms with Gasteiger partial charge >= 0.3 is 0 Å². The predicted octanol–water partition coefficient (Wildman–Crippen LogP) is 2.76. The predicted molar refractivity (Wildman–Crippen MR) is 85.0 cm³/mol. The van der Waals surface area contributed by atoms with Crippen molar-refractivity contribution in [3.8, 4) is 0 Å². The summed E-state index contributed by atoms with van der Waals surface area (Å²) in [5, 5.41) is 3.68. The SMILES string of the molecule is CC(C)CNCC1(CN2CCCC2C(C)C)CCOC1. The van der Waals surface area contributed by atoms with Crippen molar-refractivity contribution >= 4 is 0 Å². The second-order valence-electron chi connectivity index (χ2n) is 7.75. The van der Waals surface area contributed by atoms with Gasteiger partial charge in [0.05, 0.1) is 6.61 Å². The molecule has 0 aromatic heterocycles. The maximum Gasteiger partial charge on any atom is 0.0547 e. The van der Waals surface area contributed by atoms with Gasteiger partial charge in [-0.2, -0.15) is 0 Å². The highest BCUT2D eigenvalue weighted by molar-refractivity contribution is 4.92. The summed E-state index contributed by atoms with van der Waals surface area (Å²) < 4.78 is 5.76. The van der Waals surface area contributed by atoms with Crippen molar-refractivity contribution in [3.05, 3.63) is 0 Å². The molecule has 2 aliphatic rings. The fourth-order valence-corrected chi connectivity index (χ4v) is 3.83. The molecule has 0 bridgehead atoms. The average molecular weight is 282 g/mol. The molecule has 0 spiro atoms. The number of likely N-dealkylation sites (tertiary alicyclic amines) is 1. The Morgan fingerprint density at radius 3 is 2.70 bits per heavy atom. The summed E-state index contributed by atoms with van der Waals surface area (Å²) in [5.41, 5.74) is 0.354. The summed E-state index contributed by atoms with van der Waals surface area (Å²) >= 11 is 0. The first kappa shape index (κ1) is 16.3. The molecule has 0 saturated carbocycles. The molecule has 2 heterocycles. The summed E-state index contributed by atoms with van der Waals surface area (Å²) in [7, 11) is 0. The van der Waals surface area contributed by atoms with Crippen molar-refractivity contribution in [3.63, 3.8) is 0 Å². The van der Waals surface area contributed by atoms with Gasteiger partial charge in [-0.25, -0.2) is 0 Å². The van der Waals surface area contributed by atoms with Gasteiger partial charge in [0, 0.05) is 31.2 Å². The molecular formula is C17H34N2O. The number of ether oxygens (including phenoxy) is 1. The highest BCUT2D eigenvalue weighted by Gasteiger charge is 2.39. The van der Waals surface area contributed by atoms with Crippen LogP contribution in [0.5, 0.6) is 0 Å². The second-order valence-corrected chi connectivity index (χ2v) is 7.75. The molecule has 3 heteroatoms. The Hall–Kier alpha value is -0.120. The smallest absolute Gasteiger partial charge is 0.0547 e. The van der Waals surface area contributed by atoms with Crippen molar-refractivity contribution < 1.29 is 4.74 Å². The molecule has 2 saturated heterocycles. The third kappa shape index (κ3) is 4.19. The Kier molecular flexibility index (Phi) is 5.88. The summed E-state index contributed by atoms with van der Waals surface area (Å²) in [5.74, 6) is 1.50. The van der Waals surface area contributed by atoms with Crippen LogP contribution in [-0.2, 0) is 4.74 Å². The van der Waals surface area contributed by atoms with Crippen LogP contribution in [0.4, 0.5) is 0 Å². The molecule has 2 aliphatic heterocycles. The first-order valence-electron chi connectivity index (χ1n) is 8.55. The average Bonchev–Trinajstić information content (AvgIpc) is 2.99. The van der Waals surface area contributed by atoms with E-state index in [1.165, 1.54) is 32.4 Å². The fourth-order valence-electron chi connectivity index (χ4n) is 3.83. The Labute approximate surface area is 125 Å². The third-order valence-corrected chi connectivity index (χ3v) is 4.96. The van der Waals surface area contributed by atoms with Crippen molar-refractivity contribution in [1.82, 2.24) is 10.2 Å². The van der Waals surface area contributed by atoms with Gasteiger partial charge in [0.2, 0.25) is 0 Å². The Morgan fingerprint density at radius 2 is 2.10 bits per heavy atom. The molecule has 0 aromatic carbocycles. The van der Waals surface area contributed by atoms with Gasteiger partial charge in [-0.05, 0) is 44.2 Å². The standard InChI is InChI=1S/C17H34N2O/c1-14(2)10-18-11-17(7-9-20-13-17)12-19-8-5-6-16(19)15(3)4/h14-16,18H,5-13H2,1-4H3. The van der Waals surface area contributed by atoms with E-state index in [-0.39, 0.29) is 0 Å². The summed E-state index contributed by atoms with van der Waals surface area (Å²) in [6.45, 7) is 15.9. The summed E-state index contributed by atoms with van der Waals surface area (Å²) in [6.07, 6.45) is 3.98. The second kappa shape index (κ2) is 7.24. The lowest BCUT2D eigenvalue weighted by molar-refractivity contribution is 0.0908. The molecule has 3 nitrogen and oxygen atoms in total. The topological polar surface area (TPSA) is 24.5 Å². The first-order valence-corrected chi connectivity index (χ1v) is 8.55. The van der Waals surface area contributed by atoms with Gasteiger partial charge in [0.25, 0.3) is 0 Å². The molecule has 2 fully saturated rings. The van der Waals surface area contributed by atoms with E-state index in [0.29, 0.717) is 5.41 Å². The normalized spacial score (nSPS) is 31.8. The van der Waals surface area contributed by atoms with E-state index < -0.39 is 0 Å². The van der Waals surface area contributed by atoms with E-state index >= 15 is 0 Å². The van der Waals surface area contributed by atoms with Crippen LogP contribution < -0.4 is 5.32 Å². The van der Waals surface area contributed by atoms with Crippen molar-refractivity contribution in [1.29, 1.82) is 0 Å². The van der Waals surface area contributed by atoms with E-state index in [9.17, 15) is 0 Å². The van der Waals surface area contributed by atoms with Crippen LogP contribution in [0.3, 0.4) is 0 Å². The lowest BCUT2D eigenvalue weighted by Gasteiger charge is -2.37. The number of hydrogen-bond donors (Lipinski definition) is 1. The third-order valence-electron chi connectivity index (χ3n) is 4.96. The van der Waals surface area contributed by atoms with Gasteiger partial charge in [-0.1, -0.05) is 27.7 Å². The van der Waals surface area contributed by atoms with Crippen LogP contribution in [0.1, 0.15) is 47.0 Å². The molecular weight excluding hydrogens is 248 g/mol. The first-order chi connectivity index (χ1) is 9.52. The van der Waals surface area contributed by atoms with E-state index in [1.54, 1.807) is 0 Å². The monoisotopic (exact) mass is 282 g/mol. The molecule has 0 radical (unpaired) electrons. The molecule has 2 rings (SSSR count). The van der Waals surface area contributed by atoms with Crippen LogP contribution in [0.15, 0.2) is 0 Å². The highest BCUT2D eigenvalue weighted by Crippen LogP contribution is 2.33. The molecule has 1 N–H and O–H groups in total. The maximum atomic E-state index is 5.76. The van der Waals surface area contributed by atoms with Crippen molar-refractivity contribution in [2.24, 2.45) is 17.3 Å². The summed E-state index contributed by atoms with van der Waals surface area (Å²) in [4.78, 5) is 2.75. The minimum absolute atomic E-state index is 0.354. The van der Waals surface area contributed by atoms with Crippen molar-refractivity contribution in [2.75, 3.05) is 39.4 Å². The van der Waals surface area contributed by atoms with Crippen LogP contribution >= 0.6 is 0 Å². The lowest BCUT2D eigenvalue weighted by atomic mass is 9.85. The summed E-state index contributed by atoms with van der Waals surface area (Å²) in [6, 6.07) is 0.789. The highest BCUT2D eigenvalue weighted by atomic mass is 16.5. The largest absolute Gasteiger partial charge is 0.381 e. The van der Waals surface area contributed by atoms with E-state index in [1.807, 2.05) is 0 Å². The molecule has 0 amide bonds. The molecule has 2 atom stereocenters. The van der Waals surface area contributed by atoms with Gasteiger partial charge in [-0.15, -0.1) is 0 Å². The molecule has 20 heavy (non-hydrogen) atoms. The van der Waals surface area contributed by atoms with Gasteiger partial charge < -0.3 is 10.1 Å². The molecule has 2 unspecified atom stereocenters. The Morgan fingerprint density at radius 1 is 1.30 bits per heavy atom. The van der Waals surface area contributed by atoms with Crippen LogP contribution in [-0.4, -0.2) is 50.3 Å². The minimum atomic E-state index is 0.354. The minimum Gasteiger partial charge on any atom is -0.381 e. The van der Waals surface area contributed by atoms with Gasteiger partial charge in [-0.3, -0.25) is 4.90 Å².